The van der Waals surface area contributed by atoms with Crippen molar-refractivity contribution in [2.75, 3.05) is 0 Å². The molecule has 0 unspecified atom stereocenters. The number of ether oxygens (including phenoxy) is 1. The number of aromatic nitrogens is 1. The van der Waals surface area contributed by atoms with Gasteiger partial charge in [0, 0.05) is 12.1 Å². The van der Waals surface area contributed by atoms with Gasteiger partial charge in [-0.2, -0.15) is 0 Å². The summed E-state index contributed by atoms with van der Waals surface area (Å²) in [5.74, 6) is 0.604. The van der Waals surface area contributed by atoms with Crippen molar-refractivity contribution in [3.05, 3.63) is 53.5 Å². The van der Waals surface area contributed by atoms with Crippen LogP contribution < -0.4 is 10.5 Å². The summed E-state index contributed by atoms with van der Waals surface area (Å²) < 4.78 is 18.9. The van der Waals surface area contributed by atoms with Gasteiger partial charge in [0.1, 0.15) is 11.6 Å². The average molecular weight is 274 g/mol. The standard InChI is InChI=1S/C16H19FN2O/c1-16(2,3)12-5-4-6-14(8-12)20-15-11(9-18)7-13(17)10-19-15/h4-8,10H,9,18H2,1-3H3. The van der Waals surface area contributed by atoms with Crippen LogP contribution in [0.4, 0.5) is 4.39 Å². The molecule has 0 aliphatic carbocycles. The number of halogens is 1. The molecule has 0 spiro atoms. The molecule has 0 radical (unpaired) electrons. The van der Waals surface area contributed by atoms with Gasteiger partial charge >= 0.3 is 0 Å². The lowest BCUT2D eigenvalue weighted by Gasteiger charge is -2.19. The van der Waals surface area contributed by atoms with Gasteiger partial charge in [-0.3, -0.25) is 0 Å². The van der Waals surface area contributed by atoms with E-state index in [0.29, 0.717) is 17.2 Å². The molecule has 3 nitrogen and oxygen atoms in total. The largest absolute Gasteiger partial charge is 0.439 e. The van der Waals surface area contributed by atoms with Crippen molar-refractivity contribution in [2.24, 2.45) is 5.73 Å². The van der Waals surface area contributed by atoms with Crippen LogP contribution in [0.25, 0.3) is 0 Å². The number of hydrogen-bond acceptors (Lipinski definition) is 3. The maximum absolute atomic E-state index is 13.1. The second-order valence-corrected chi connectivity index (χ2v) is 5.70. The summed E-state index contributed by atoms with van der Waals surface area (Å²) in [5, 5.41) is 0. The van der Waals surface area contributed by atoms with Crippen LogP contribution in [-0.4, -0.2) is 4.98 Å². The smallest absolute Gasteiger partial charge is 0.223 e. The summed E-state index contributed by atoms with van der Waals surface area (Å²) in [5.41, 5.74) is 7.33. The van der Waals surface area contributed by atoms with Crippen LogP contribution >= 0.6 is 0 Å². The van der Waals surface area contributed by atoms with Gasteiger partial charge in [0.15, 0.2) is 0 Å². The van der Waals surface area contributed by atoms with Crippen molar-refractivity contribution >= 4 is 0 Å². The lowest BCUT2D eigenvalue weighted by Crippen LogP contribution is -2.10. The molecule has 0 fully saturated rings. The molecule has 0 aliphatic heterocycles. The summed E-state index contributed by atoms with van der Waals surface area (Å²) >= 11 is 0. The Morgan fingerprint density at radius 1 is 1.25 bits per heavy atom. The molecule has 2 rings (SSSR count). The highest BCUT2D eigenvalue weighted by Gasteiger charge is 2.15. The highest BCUT2D eigenvalue weighted by molar-refractivity contribution is 5.36. The van der Waals surface area contributed by atoms with E-state index in [1.165, 1.54) is 6.07 Å². The first kappa shape index (κ1) is 14.5. The van der Waals surface area contributed by atoms with E-state index in [-0.39, 0.29) is 12.0 Å². The Hall–Kier alpha value is -1.94. The van der Waals surface area contributed by atoms with E-state index in [0.717, 1.165) is 11.8 Å². The van der Waals surface area contributed by atoms with Crippen molar-refractivity contribution in [1.82, 2.24) is 4.98 Å². The molecule has 2 aromatic rings. The van der Waals surface area contributed by atoms with Crippen LogP contribution in [-0.2, 0) is 12.0 Å². The molecule has 2 N–H and O–H groups in total. The normalized spacial score (nSPS) is 11.4. The fourth-order valence-corrected chi connectivity index (χ4v) is 1.84. The van der Waals surface area contributed by atoms with Gasteiger partial charge in [-0.1, -0.05) is 32.9 Å². The van der Waals surface area contributed by atoms with Crippen LogP contribution in [0.5, 0.6) is 11.6 Å². The van der Waals surface area contributed by atoms with Crippen molar-refractivity contribution in [2.45, 2.75) is 32.7 Å². The zero-order chi connectivity index (χ0) is 14.8. The lowest BCUT2D eigenvalue weighted by molar-refractivity contribution is 0.449. The fourth-order valence-electron chi connectivity index (χ4n) is 1.84. The minimum Gasteiger partial charge on any atom is -0.439 e. The van der Waals surface area contributed by atoms with Crippen molar-refractivity contribution in [3.63, 3.8) is 0 Å². The number of nitrogens with zero attached hydrogens (tertiary/aromatic N) is 1. The van der Waals surface area contributed by atoms with Crippen LogP contribution in [0, 0.1) is 5.82 Å². The maximum atomic E-state index is 13.1. The van der Waals surface area contributed by atoms with Crippen LogP contribution in [0.2, 0.25) is 0 Å². The molecule has 4 heteroatoms. The van der Waals surface area contributed by atoms with E-state index < -0.39 is 5.82 Å². The van der Waals surface area contributed by atoms with Crippen LogP contribution in [0.3, 0.4) is 0 Å². The van der Waals surface area contributed by atoms with Gasteiger partial charge < -0.3 is 10.5 Å². The Bertz CT molecular complexity index is 606. The van der Waals surface area contributed by atoms with Crippen LogP contribution in [0.1, 0.15) is 31.9 Å². The Kier molecular flexibility index (Phi) is 4.04. The molecule has 20 heavy (non-hydrogen) atoms. The predicted molar refractivity (Wildman–Crippen MR) is 77.3 cm³/mol. The van der Waals surface area contributed by atoms with E-state index in [1.54, 1.807) is 0 Å². The van der Waals surface area contributed by atoms with E-state index in [1.807, 2.05) is 18.2 Å². The van der Waals surface area contributed by atoms with Gasteiger partial charge in [-0.05, 0) is 29.2 Å². The van der Waals surface area contributed by atoms with E-state index in [2.05, 4.69) is 31.8 Å². The fraction of sp³-hybridized carbons (Fsp3) is 0.312. The summed E-state index contributed by atoms with van der Waals surface area (Å²) in [6.45, 7) is 6.58. The van der Waals surface area contributed by atoms with Crippen molar-refractivity contribution < 1.29 is 9.13 Å². The van der Waals surface area contributed by atoms with Crippen molar-refractivity contribution in [3.8, 4) is 11.6 Å². The van der Waals surface area contributed by atoms with Crippen molar-refractivity contribution in [1.29, 1.82) is 0 Å². The molecule has 0 saturated carbocycles. The average Bonchev–Trinajstić information content (AvgIpc) is 2.40. The van der Waals surface area contributed by atoms with Gasteiger partial charge in [-0.25, -0.2) is 9.37 Å². The summed E-state index contributed by atoms with van der Waals surface area (Å²) in [4.78, 5) is 3.96. The molecule has 1 heterocycles. The molecular formula is C16H19FN2O. The third-order valence-electron chi connectivity index (χ3n) is 3.03. The molecule has 0 bridgehead atoms. The number of rotatable bonds is 3. The lowest BCUT2D eigenvalue weighted by atomic mass is 9.87. The highest BCUT2D eigenvalue weighted by Crippen LogP contribution is 2.29. The molecule has 0 amide bonds. The number of pyridine rings is 1. The van der Waals surface area contributed by atoms with Gasteiger partial charge in [0.2, 0.25) is 5.88 Å². The minimum atomic E-state index is -0.416. The molecule has 106 valence electrons. The van der Waals surface area contributed by atoms with E-state index in [4.69, 9.17) is 10.5 Å². The van der Waals surface area contributed by atoms with Crippen LogP contribution in [0.15, 0.2) is 36.5 Å². The quantitative estimate of drug-likeness (QED) is 0.926. The Balaban J connectivity index is 2.31. The Morgan fingerprint density at radius 3 is 2.65 bits per heavy atom. The molecule has 0 saturated heterocycles. The maximum Gasteiger partial charge on any atom is 0.223 e. The predicted octanol–water partition coefficient (Wildman–Crippen LogP) is 3.77. The third-order valence-corrected chi connectivity index (χ3v) is 3.03. The zero-order valence-electron chi connectivity index (χ0n) is 12.0. The Morgan fingerprint density at radius 2 is 2.00 bits per heavy atom. The second-order valence-electron chi connectivity index (χ2n) is 5.70. The first-order valence-corrected chi connectivity index (χ1v) is 6.53. The highest BCUT2D eigenvalue weighted by atomic mass is 19.1. The number of benzene rings is 1. The topological polar surface area (TPSA) is 48.1 Å². The molecule has 1 aromatic heterocycles. The van der Waals surface area contributed by atoms with Gasteiger partial charge in [-0.15, -0.1) is 0 Å². The first-order valence-electron chi connectivity index (χ1n) is 6.53. The van der Waals surface area contributed by atoms with Gasteiger partial charge in [0.25, 0.3) is 0 Å². The first-order chi connectivity index (χ1) is 9.40. The SMILES string of the molecule is CC(C)(C)c1cccc(Oc2ncc(F)cc2CN)c1. The van der Waals surface area contributed by atoms with E-state index >= 15 is 0 Å². The molecule has 0 atom stereocenters. The number of hydrogen-bond donors (Lipinski definition) is 1. The monoisotopic (exact) mass is 274 g/mol. The third kappa shape index (κ3) is 3.33. The molecular weight excluding hydrogens is 255 g/mol. The molecule has 1 aromatic carbocycles. The second kappa shape index (κ2) is 5.59. The molecule has 0 aliphatic rings. The van der Waals surface area contributed by atoms with Gasteiger partial charge in [0.05, 0.1) is 6.20 Å². The number of nitrogens with two attached hydrogens (primary N) is 1. The van der Waals surface area contributed by atoms with E-state index in [9.17, 15) is 4.39 Å². The summed E-state index contributed by atoms with van der Waals surface area (Å²) in [6.07, 6.45) is 1.13. The summed E-state index contributed by atoms with van der Waals surface area (Å²) in [6, 6.07) is 9.14. The zero-order valence-corrected chi connectivity index (χ0v) is 12.0. The Labute approximate surface area is 118 Å². The minimum absolute atomic E-state index is 0.0340. The summed E-state index contributed by atoms with van der Waals surface area (Å²) in [7, 11) is 0.